The fraction of sp³-hybridized carbons (Fsp3) is 0.600. The van der Waals surface area contributed by atoms with Crippen LogP contribution in [0.15, 0.2) is 24.3 Å². The predicted molar refractivity (Wildman–Crippen MR) is 95.3 cm³/mol. The van der Waals surface area contributed by atoms with Crippen molar-refractivity contribution in [1.29, 1.82) is 0 Å². The van der Waals surface area contributed by atoms with Crippen LogP contribution in [0.1, 0.15) is 69.7 Å². The summed E-state index contributed by atoms with van der Waals surface area (Å²) in [6, 6.07) is 7.26. The minimum atomic E-state index is -0.570. The van der Waals surface area contributed by atoms with E-state index >= 15 is 0 Å². The summed E-state index contributed by atoms with van der Waals surface area (Å²) in [7, 11) is 0. The van der Waals surface area contributed by atoms with Gasteiger partial charge in [0.2, 0.25) is 0 Å². The molecule has 1 aliphatic rings. The van der Waals surface area contributed by atoms with Crippen LogP contribution >= 0.6 is 0 Å². The monoisotopic (exact) mass is 331 g/mol. The van der Waals surface area contributed by atoms with E-state index in [0.29, 0.717) is 17.2 Å². The van der Waals surface area contributed by atoms with Crippen LogP contribution in [0.3, 0.4) is 0 Å². The molecule has 1 aliphatic carbocycles. The maximum Gasteiger partial charge on any atom is 0.261 e. The van der Waals surface area contributed by atoms with Crippen LogP contribution in [-0.4, -0.2) is 23.8 Å². The van der Waals surface area contributed by atoms with Crippen LogP contribution < -0.4 is 10.1 Å². The minimum Gasteiger partial charge on any atom is -0.481 e. The van der Waals surface area contributed by atoms with E-state index in [2.05, 4.69) is 12.2 Å². The number of ether oxygens (including phenoxy) is 1. The normalized spacial score (nSPS) is 21.3. The Kier molecular flexibility index (Phi) is 6.83. The maximum absolute atomic E-state index is 12.4. The fourth-order valence-corrected chi connectivity index (χ4v) is 3.38. The van der Waals surface area contributed by atoms with E-state index in [1.165, 1.54) is 39.0 Å². The molecule has 1 saturated carbocycles. The molecule has 0 heterocycles. The highest BCUT2D eigenvalue weighted by Gasteiger charge is 2.29. The molecular formula is C20H29NO3. The molecule has 132 valence electrons. The van der Waals surface area contributed by atoms with E-state index in [0.717, 1.165) is 6.42 Å². The molecule has 3 unspecified atom stereocenters. The predicted octanol–water partition coefficient (Wildman–Crippen LogP) is 4.13. The van der Waals surface area contributed by atoms with Gasteiger partial charge >= 0.3 is 0 Å². The van der Waals surface area contributed by atoms with Crippen LogP contribution in [-0.2, 0) is 4.79 Å². The van der Waals surface area contributed by atoms with Crippen LogP contribution in [0.2, 0.25) is 0 Å². The van der Waals surface area contributed by atoms with Crippen molar-refractivity contribution < 1.29 is 14.3 Å². The number of benzene rings is 1. The number of Topliss-reactive ketones (excluding diaryl/α,β-unsaturated/α-hetero) is 1. The molecule has 3 atom stereocenters. The number of nitrogens with one attached hydrogen (secondary N) is 1. The van der Waals surface area contributed by atoms with Crippen LogP contribution in [0, 0.1) is 5.92 Å². The average Bonchev–Trinajstić information content (AvgIpc) is 3.00. The topological polar surface area (TPSA) is 55.4 Å². The molecule has 1 aromatic carbocycles. The van der Waals surface area contributed by atoms with Gasteiger partial charge in [0.25, 0.3) is 5.91 Å². The van der Waals surface area contributed by atoms with Gasteiger partial charge in [-0.2, -0.15) is 0 Å². The Bertz CT molecular complexity index is 570. The first-order valence-electron chi connectivity index (χ1n) is 9.09. The first kappa shape index (κ1) is 18.5. The van der Waals surface area contributed by atoms with Crippen molar-refractivity contribution in [3.05, 3.63) is 29.8 Å². The Labute approximate surface area is 145 Å². The van der Waals surface area contributed by atoms with Crippen molar-refractivity contribution in [2.24, 2.45) is 5.92 Å². The summed E-state index contributed by atoms with van der Waals surface area (Å²) >= 11 is 0. The van der Waals surface area contributed by atoms with E-state index in [1.54, 1.807) is 31.2 Å². The lowest BCUT2D eigenvalue weighted by Crippen LogP contribution is -2.44. The van der Waals surface area contributed by atoms with Crippen molar-refractivity contribution in [3.8, 4) is 5.75 Å². The fourth-order valence-electron chi connectivity index (χ4n) is 3.38. The van der Waals surface area contributed by atoms with Gasteiger partial charge in [-0.05, 0) is 51.2 Å². The molecule has 24 heavy (non-hydrogen) atoms. The zero-order valence-corrected chi connectivity index (χ0v) is 15.0. The van der Waals surface area contributed by atoms with Gasteiger partial charge in [-0.25, -0.2) is 0 Å². The van der Waals surface area contributed by atoms with Crippen LogP contribution in [0.25, 0.3) is 0 Å². The molecule has 0 aliphatic heterocycles. The number of hydrogen-bond donors (Lipinski definition) is 1. The van der Waals surface area contributed by atoms with E-state index in [1.807, 2.05) is 0 Å². The third-order valence-corrected chi connectivity index (χ3v) is 4.84. The van der Waals surface area contributed by atoms with Gasteiger partial charge in [0, 0.05) is 11.6 Å². The highest BCUT2D eigenvalue weighted by atomic mass is 16.5. The molecule has 0 aromatic heterocycles. The number of ketones is 1. The number of carbonyl (C=O) groups excluding carboxylic acids is 2. The lowest BCUT2D eigenvalue weighted by atomic mass is 9.96. The zero-order chi connectivity index (χ0) is 17.5. The summed E-state index contributed by atoms with van der Waals surface area (Å²) < 4.78 is 5.73. The first-order valence-corrected chi connectivity index (χ1v) is 9.09. The van der Waals surface area contributed by atoms with Crippen molar-refractivity contribution in [2.75, 3.05) is 0 Å². The zero-order valence-electron chi connectivity index (χ0n) is 15.0. The SMILES string of the molecule is CCCCC1CCCC1NC(=O)C(C)Oc1cccc(C(C)=O)c1. The van der Waals surface area contributed by atoms with Gasteiger partial charge in [0.15, 0.2) is 11.9 Å². The Morgan fingerprint density at radius 1 is 1.33 bits per heavy atom. The molecule has 1 N–H and O–H groups in total. The molecule has 1 fully saturated rings. The highest BCUT2D eigenvalue weighted by Crippen LogP contribution is 2.30. The van der Waals surface area contributed by atoms with Crippen molar-refractivity contribution >= 4 is 11.7 Å². The molecule has 2 rings (SSSR count). The molecule has 1 amide bonds. The molecule has 0 saturated heterocycles. The van der Waals surface area contributed by atoms with Crippen LogP contribution in [0.5, 0.6) is 5.75 Å². The van der Waals surface area contributed by atoms with E-state index in [4.69, 9.17) is 4.74 Å². The second-order valence-electron chi connectivity index (χ2n) is 6.79. The summed E-state index contributed by atoms with van der Waals surface area (Å²) in [5.74, 6) is 1.07. The lowest BCUT2D eigenvalue weighted by Gasteiger charge is -2.23. The summed E-state index contributed by atoms with van der Waals surface area (Å²) in [6.45, 7) is 5.48. The molecule has 0 bridgehead atoms. The Morgan fingerprint density at radius 2 is 2.12 bits per heavy atom. The molecule has 0 radical (unpaired) electrons. The molecule has 4 heteroatoms. The summed E-state index contributed by atoms with van der Waals surface area (Å²) in [5.41, 5.74) is 0.593. The average molecular weight is 331 g/mol. The lowest BCUT2D eigenvalue weighted by molar-refractivity contribution is -0.128. The summed E-state index contributed by atoms with van der Waals surface area (Å²) in [4.78, 5) is 23.9. The third kappa shape index (κ3) is 5.08. The standard InChI is InChI=1S/C20H29NO3/c1-4-5-8-16-9-7-12-19(16)21-20(23)15(3)24-18-11-6-10-17(13-18)14(2)22/h6,10-11,13,15-16,19H,4-5,7-9,12H2,1-3H3,(H,21,23). The van der Waals surface area contributed by atoms with Gasteiger partial charge in [-0.15, -0.1) is 0 Å². The van der Waals surface area contributed by atoms with Crippen molar-refractivity contribution in [2.45, 2.75) is 71.4 Å². The minimum absolute atomic E-state index is 0.0118. The van der Waals surface area contributed by atoms with E-state index < -0.39 is 6.10 Å². The Morgan fingerprint density at radius 3 is 2.83 bits per heavy atom. The second-order valence-corrected chi connectivity index (χ2v) is 6.79. The van der Waals surface area contributed by atoms with Crippen molar-refractivity contribution in [1.82, 2.24) is 5.32 Å². The Hall–Kier alpha value is -1.84. The van der Waals surface area contributed by atoms with E-state index in [9.17, 15) is 9.59 Å². The summed E-state index contributed by atoms with van der Waals surface area (Å²) in [5, 5.41) is 3.16. The molecular weight excluding hydrogens is 302 g/mol. The third-order valence-electron chi connectivity index (χ3n) is 4.84. The molecule has 4 nitrogen and oxygen atoms in total. The first-order chi connectivity index (χ1) is 11.5. The number of unbranched alkanes of at least 4 members (excludes halogenated alkanes) is 1. The van der Waals surface area contributed by atoms with Gasteiger partial charge < -0.3 is 10.1 Å². The number of rotatable bonds is 8. The summed E-state index contributed by atoms with van der Waals surface area (Å²) in [6.07, 6.45) is 6.50. The molecule has 0 spiro atoms. The second kappa shape index (κ2) is 8.86. The number of carbonyl (C=O) groups is 2. The van der Waals surface area contributed by atoms with Crippen LogP contribution in [0.4, 0.5) is 0 Å². The Balaban J connectivity index is 1.90. The van der Waals surface area contributed by atoms with Gasteiger partial charge in [-0.3, -0.25) is 9.59 Å². The quantitative estimate of drug-likeness (QED) is 0.729. The number of amides is 1. The molecule has 1 aromatic rings. The van der Waals surface area contributed by atoms with Crippen molar-refractivity contribution in [3.63, 3.8) is 0 Å². The highest BCUT2D eigenvalue weighted by molar-refractivity contribution is 5.94. The van der Waals surface area contributed by atoms with Gasteiger partial charge in [0.1, 0.15) is 5.75 Å². The number of hydrogen-bond acceptors (Lipinski definition) is 3. The largest absolute Gasteiger partial charge is 0.481 e. The smallest absolute Gasteiger partial charge is 0.261 e. The van der Waals surface area contributed by atoms with E-state index in [-0.39, 0.29) is 17.7 Å². The van der Waals surface area contributed by atoms with Gasteiger partial charge in [-0.1, -0.05) is 38.3 Å². The maximum atomic E-state index is 12.4. The van der Waals surface area contributed by atoms with Gasteiger partial charge in [0.05, 0.1) is 0 Å².